The van der Waals surface area contributed by atoms with Gasteiger partial charge in [-0.3, -0.25) is 10.1 Å². The Morgan fingerprint density at radius 3 is 2.78 bits per heavy atom. The fraction of sp³-hybridized carbons (Fsp3) is 0.571. The minimum absolute atomic E-state index is 0.0832. The third kappa shape index (κ3) is 3.89. The summed E-state index contributed by atoms with van der Waals surface area (Å²) in [5, 5.41) is 23.7. The molecule has 0 radical (unpaired) electrons. The Labute approximate surface area is 138 Å². The number of nitrogens with one attached hydrogen (secondary N) is 1. The number of aliphatic carboxylic acids is 1. The molecule has 2 rings (SSSR count). The van der Waals surface area contributed by atoms with E-state index in [2.05, 4.69) is 10.3 Å². The van der Waals surface area contributed by atoms with Crippen LogP contribution in [0.3, 0.4) is 0 Å². The van der Waals surface area contributed by atoms with E-state index in [1.54, 1.807) is 6.92 Å². The average Bonchev–Trinajstić information content (AvgIpc) is 2.49. The predicted molar refractivity (Wildman–Crippen MR) is 83.8 cm³/mol. The van der Waals surface area contributed by atoms with Crippen LogP contribution in [0.5, 0.6) is 0 Å². The molecule has 0 atom stereocenters. The van der Waals surface area contributed by atoms with Crippen LogP contribution < -0.4 is 5.32 Å². The van der Waals surface area contributed by atoms with Crippen molar-refractivity contribution in [2.75, 3.05) is 11.9 Å². The molecule has 126 valence electrons. The molecule has 0 aromatic carbocycles. The van der Waals surface area contributed by atoms with Gasteiger partial charge in [0.25, 0.3) is 0 Å². The number of pyridine rings is 1. The lowest BCUT2D eigenvalue weighted by Crippen LogP contribution is -2.47. The lowest BCUT2D eigenvalue weighted by atomic mass is 9.82. The number of halogens is 1. The van der Waals surface area contributed by atoms with E-state index >= 15 is 0 Å². The second-order valence-electron chi connectivity index (χ2n) is 5.43. The Morgan fingerprint density at radius 1 is 1.61 bits per heavy atom. The van der Waals surface area contributed by atoms with E-state index in [0.29, 0.717) is 38.0 Å². The summed E-state index contributed by atoms with van der Waals surface area (Å²) >= 11 is 5.80. The highest BCUT2D eigenvalue weighted by molar-refractivity contribution is 6.29. The second-order valence-corrected chi connectivity index (χ2v) is 5.82. The van der Waals surface area contributed by atoms with E-state index < -0.39 is 16.5 Å². The first-order valence-corrected chi connectivity index (χ1v) is 7.69. The van der Waals surface area contributed by atoms with Crippen molar-refractivity contribution >= 4 is 28.9 Å². The summed E-state index contributed by atoms with van der Waals surface area (Å²) in [7, 11) is 0. The zero-order valence-electron chi connectivity index (χ0n) is 12.6. The molecule has 0 amide bonds. The number of hydrogen-bond acceptors (Lipinski definition) is 6. The Kier molecular flexibility index (Phi) is 5.38. The van der Waals surface area contributed by atoms with Crippen LogP contribution in [-0.4, -0.2) is 39.2 Å². The SMILES string of the molecule is CCOC1(C(=O)O)CCC(Nc2cc(Cl)ncc2[N+](=O)[O-])CC1. The van der Waals surface area contributed by atoms with Crippen LogP contribution in [0.2, 0.25) is 5.15 Å². The maximum absolute atomic E-state index is 11.5. The lowest BCUT2D eigenvalue weighted by Gasteiger charge is -2.36. The van der Waals surface area contributed by atoms with Crippen LogP contribution in [0.4, 0.5) is 11.4 Å². The summed E-state index contributed by atoms with van der Waals surface area (Å²) in [5.41, 5.74) is -1.03. The number of aromatic nitrogens is 1. The molecular formula is C14H18ClN3O5. The van der Waals surface area contributed by atoms with Gasteiger partial charge >= 0.3 is 11.7 Å². The molecule has 1 fully saturated rings. The molecule has 2 N–H and O–H groups in total. The molecule has 9 heteroatoms. The zero-order valence-corrected chi connectivity index (χ0v) is 13.4. The Bertz CT molecular complexity index is 602. The first kappa shape index (κ1) is 17.4. The van der Waals surface area contributed by atoms with Crippen molar-refractivity contribution in [2.24, 2.45) is 0 Å². The van der Waals surface area contributed by atoms with E-state index in [1.807, 2.05) is 0 Å². The highest BCUT2D eigenvalue weighted by atomic mass is 35.5. The number of anilines is 1. The molecule has 0 aliphatic heterocycles. The topological polar surface area (TPSA) is 115 Å². The summed E-state index contributed by atoms with van der Waals surface area (Å²) < 4.78 is 5.44. The molecular weight excluding hydrogens is 326 g/mol. The highest BCUT2D eigenvalue weighted by Gasteiger charge is 2.43. The van der Waals surface area contributed by atoms with Gasteiger partial charge in [0.2, 0.25) is 0 Å². The number of carbonyl (C=O) groups is 1. The number of hydrogen-bond donors (Lipinski definition) is 2. The molecule has 0 bridgehead atoms. The van der Waals surface area contributed by atoms with Crippen LogP contribution in [0, 0.1) is 10.1 Å². The van der Waals surface area contributed by atoms with E-state index in [-0.39, 0.29) is 16.9 Å². The summed E-state index contributed by atoms with van der Waals surface area (Å²) in [6.45, 7) is 2.09. The summed E-state index contributed by atoms with van der Waals surface area (Å²) in [6.07, 6.45) is 2.86. The molecule has 1 aliphatic rings. The second kappa shape index (κ2) is 7.10. The summed E-state index contributed by atoms with van der Waals surface area (Å²) in [4.78, 5) is 25.7. The van der Waals surface area contributed by atoms with Gasteiger partial charge in [0.15, 0.2) is 5.60 Å². The van der Waals surface area contributed by atoms with Crippen molar-refractivity contribution in [3.63, 3.8) is 0 Å². The number of nitro groups is 1. The molecule has 0 spiro atoms. The van der Waals surface area contributed by atoms with Gasteiger partial charge in [-0.05, 0) is 32.6 Å². The van der Waals surface area contributed by atoms with E-state index in [4.69, 9.17) is 16.3 Å². The maximum atomic E-state index is 11.5. The minimum Gasteiger partial charge on any atom is -0.479 e. The highest BCUT2D eigenvalue weighted by Crippen LogP contribution is 2.35. The Balaban J connectivity index is 2.09. The van der Waals surface area contributed by atoms with Gasteiger partial charge in [-0.15, -0.1) is 0 Å². The quantitative estimate of drug-likeness (QED) is 0.463. The lowest BCUT2D eigenvalue weighted by molar-refractivity contribution is -0.384. The van der Waals surface area contributed by atoms with Crippen molar-refractivity contribution in [2.45, 2.75) is 44.2 Å². The smallest absolute Gasteiger partial charge is 0.335 e. The van der Waals surface area contributed by atoms with Crippen molar-refractivity contribution in [3.8, 4) is 0 Å². The first-order chi connectivity index (χ1) is 10.9. The van der Waals surface area contributed by atoms with Gasteiger partial charge in [0.1, 0.15) is 17.0 Å². The zero-order chi connectivity index (χ0) is 17.0. The summed E-state index contributed by atoms with van der Waals surface area (Å²) in [5.74, 6) is -0.962. The van der Waals surface area contributed by atoms with Crippen molar-refractivity contribution in [3.05, 3.63) is 27.5 Å². The van der Waals surface area contributed by atoms with Crippen LogP contribution in [0.25, 0.3) is 0 Å². The first-order valence-electron chi connectivity index (χ1n) is 7.32. The van der Waals surface area contributed by atoms with E-state index in [0.717, 1.165) is 6.20 Å². The molecule has 1 aromatic rings. The van der Waals surface area contributed by atoms with Crippen LogP contribution in [-0.2, 0) is 9.53 Å². The molecule has 1 heterocycles. The predicted octanol–water partition coefficient (Wildman–Crippen LogP) is 2.86. The van der Waals surface area contributed by atoms with Gasteiger partial charge in [-0.1, -0.05) is 11.6 Å². The standard InChI is InChI=1S/C14H18ClN3O5/c1-2-23-14(13(19)20)5-3-9(4-6-14)17-10-7-12(15)16-8-11(10)18(21)22/h7-9H,2-6H2,1H3,(H,16,17)(H,19,20). The van der Waals surface area contributed by atoms with Gasteiger partial charge in [-0.25, -0.2) is 9.78 Å². The number of carboxylic acids is 1. The summed E-state index contributed by atoms with van der Waals surface area (Å²) in [6, 6.07) is 1.32. The number of ether oxygens (including phenoxy) is 1. The third-order valence-electron chi connectivity index (χ3n) is 4.01. The fourth-order valence-corrected chi connectivity index (χ4v) is 2.99. The molecule has 1 aromatic heterocycles. The normalized spacial score (nSPS) is 24.2. The van der Waals surface area contributed by atoms with Crippen LogP contribution in [0.15, 0.2) is 12.3 Å². The number of rotatable bonds is 6. The van der Waals surface area contributed by atoms with Crippen LogP contribution in [0.1, 0.15) is 32.6 Å². The van der Waals surface area contributed by atoms with Crippen molar-refractivity contribution < 1.29 is 19.6 Å². The fourth-order valence-electron chi connectivity index (χ4n) is 2.83. The molecule has 1 aliphatic carbocycles. The number of nitrogens with zero attached hydrogens (tertiary/aromatic N) is 2. The van der Waals surface area contributed by atoms with Gasteiger partial charge in [-0.2, -0.15) is 0 Å². The third-order valence-corrected chi connectivity index (χ3v) is 4.22. The van der Waals surface area contributed by atoms with E-state index in [9.17, 15) is 20.0 Å². The Hall–Kier alpha value is -1.93. The number of carboxylic acid groups (broad SMARTS) is 1. The molecule has 0 saturated heterocycles. The maximum Gasteiger partial charge on any atom is 0.335 e. The van der Waals surface area contributed by atoms with Gasteiger partial charge in [0, 0.05) is 18.7 Å². The minimum atomic E-state index is -1.16. The van der Waals surface area contributed by atoms with Crippen molar-refractivity contribution in [1.82, 2.24) is 4.98 Å². The van der Waals surface area contributed by atoms with Crippen molar-refractivity contribution in [1.29, 1.82) is 0 Å². The Morgan fingerprint density at radius 2 is 2.26 bits per heavy atom. The van der Waals surface area contributed by atoms with Gasteiger partial charge < -0.3 is 15.2 Å². The molecule has 0 unspecified atom stereocenters. The monoisotopic (exact) mass is 343 g/mol. The largest absolute Gasteiger partial charge is 0.479 e. The van der Waals surface area contributed by atoms with Gasteiger partial charge in [0.05, 0.1) is 4.92 Å². The van der Waals surface area contributed by atoms with E-state index in [1.165, 1.54) is 6.07 Å². The molecule has 1 saturated carbocycles. The molecule has 8 nitrogen and oxygen atoms in total. The molecule has 23 heavy (non-hydrogen) atoms. The average molecular weight is 344 g/mol. The van der Waals surface area contributed by atoms with Crippen LogP contribution >= 0.6 is 11.6 Å².